The Balaban J connectivity index is 2.85. The molecule has 26 heavy (non-hydrogen) atoms. The van der Waals surface area contributed by atoms with Crippen LogP contribution in [-0.4, -0.2) is 37.7 Å². The molecule has 1 aromatic carbocycles. The van der Waals surface area contributed by atoms with Gasteiger partial charge in [-0.2, -0.15) is 0 Å². The molecule has 0 bridgehead atoms. The lowest BCUT2D eigenvalue weighted by Crippen LogP contribution is -2.47. The predicted octanol–water partition coefficient (Wildman–Crippen LogP) is 3.01. The van der Waals surface area contributed by atoms with Crippen molar-refractivity contribution in [3.63, 3.8) is 0 Å². The Labute approximate surface area is 153 Å². The van der Waals surface area contributed by atoms with E-state index in [0.717, 1.165) is 17.7 Å². The number of benzene rings is 1. The maximum absolute atomic E-state index is 12.4. The van der Waals surface area contributed by atoms with Crippen LogP contribution in [0.1, 0.15) is 32.8 Å². The maximum Gasteiger partial charge on any atom is 0.328 e. The molecule has 142 valence electrons. The van der Waals surface area contributed by atoms with Gasteiger partial charge in [0.1, 0.15) is 17.8 Å². The van der Waals surface area contributed by atoms with Crippen molar-refractivity contribution in [2.24, 2.45) is 11.0 Å². The molecule has 0 saturated heterocycles. The fraction of sp³-hybridized carbons (Fsp3) is 0.556. The smallest absolute Gasteiger partial charge is 0.328 e. The summed E-state index contributed by atoms with van der Waals surface area (Å²) in [5.74, 6) is -0.513. The van der Waals surface area contributed by atoms with E-state index in [1.165, 1.54) is 7.11 Å². The van der Waals surface area contributed by atoms with Crippen LogP contribution in [0.25, 0.3) is 10.4 Å². The van der Waals surface area contributed by atoms with Crippen molar-refractivity contribution in [1.29, 1.82) is 0 Å². The van der Waals surface area contributed by atoms with E-state index in [9.17, 15) is 9.59 Å². The second-order valence-electron chi connectivity index (χ2n) is 6.17. The van der Waals surface area contributed by atoms with Gasteiger partial charge in [-0.3, -0.25) is 4.79 Å². The Kier molecular flexibility index (Phi) is 9.01. The van der Waals surface area contributed by atoms with E-state index in [-0.39, 0.29) is 12.3 Å². The van der Waals surface area contributed by atoms with Crippen LogP contribution in [0.3, 0.4) is 0 Å². The molecule has 0 aromatic heterocycles. The molecule has 1 rings (SSSR count). The van der Waals surface area contributed by atoms with E-state index < -0.39 is 24.0 Å². The van der Waals surface area contributed by atoms with Crippen molar-refractivity contribution in [2.45, 2.75) is 45.7 Å². The molecule has 0 radical (unpaired) electrons. The summed E-state index contributed by atoms with van der Waals surface area (Å²) in [5.41, 5.74) is 9.46. The monoisotopic (exact) mass is 362 g/mol. The Morgan fingerprint density at radius 3 is 2.42 bits per heavy atom. The minimum Gasteiger partial charge on any atom is -0.494 e. The number of azide groups is 1. The minimum absolute atomic E-state index is 0.195. The first-order valence-corrected chi connectivity index (χ1v) is 8.57. The fourth-order valence-corrected chi connectivity index (χ4v) is 2.31. The average molecular weight is 362 g/mol. The highest BCUT2D eigenvalue weighted by Gasteiger charge is 2.27. The lowest BCUT2D eigenvalue weighted by Gasteiger charge is -2.21. The molecule has 1 aromatic rings. The quantitative estimate of drug-likeness (QED) is 0.298. The third-order valence-corrected chi connectivity index (χ3v) is 3.71. The zero-order valence-corrected chi connectivity index (χ0v) is 15.6. The number of carbonyl (C=O) groups excluding carboxylic acids is 2. The third-order valence-electron chi connectivity index (χ3n) is 3.71. The number of nitrogens with zero attached hydrogens (tertiary/aromatic N) is 3. The topological polar surface area (TPSA) is 113 Å². The van der Waals surface area contributed by atoms with E-state index in [1.807, 2.05) is 31.2 Å². The number of carbonyl (C=O) groups is 2. The standard InChI is InChI=1S/C18H26N4O4/c1-5-10-26-14-8-6-13(7-9-14)11-15(18(24)25-4)20-17(23)16(12(2)3)21-22-19/h6-9,12,15-16H,5,10-11H2,1-4H3,(H,20,23)/t15-,16-/m0/s1. The van der Waals surface area contributed by atoms with Crippen molar-refractivity contribution in [2.75, 3.05) is 13.7 Å². The Bertz CT molecular complexity index is 639. The normalized spacial score (nSPS) is 12.7. The Morgan fingerprint density at radius 1 is 1.27 bits per heavy atom. The first-order valence-electron chi connectivity index (χ1n) is 8.57. The Morgan fingerprint density at radius 2 is 1.92 bits per heavy atom. The molecule has 8 nitrogen and oxygen atoms in total. The average Bonchev–Trinajstić information content (AvgIpc) is 2.63. The fourth-order valence-electron chi connectivity index (χ4n) is 2.31. The first kappa shape index (κ1) is 21.3. The van der Waals surface area contributed by atoms with Crippen molar-refractivity contribution < 1.29 is 19.1 Å². The number of rotatable bonds is 10. The number of esters is 1. The van der Waals surface area contributed by atoms with Crippen LogP contribution in [0.4, 0.5) is 0 Å². The highest BCUT2D eigenvalue weighted by Crippen LogP contribution is 2.15. The number of methoxy groups -OCH3 is 1. The van der Waals surface area contributed by atoms with Gasteiger partial charge in [-0.25, -0.2) is 4.79 Å². The second kappa shape index (κ2) is 11.0. The summed E-state index contributed by atoms with van der Waals surface area (Å²) >= 11 is 0. The van der Waals surface area contributed by atoms with Crippen molar-refractivity contribution >= 4 is 11.9 Å². The molecule has 0 spiro atoms. The summed E-state index contributed by atoms with van der Waals surface area (Å²) in [6.45, 7) is 6.19. The molecule has 8 heteroatoms. The van der Waals surface area contributed by atoms with Gasteiger partial charge in [-0.1, -0.05) is 38.0 Å². The number of hydrogen-bond acceptors (Lipinski definition) is 5. The van der Waals surface area contributed by atoms with Gasteiger partial charge < -0.3 is 14.8 Å². The molecule has 0 aliphatic carbocycles. The van der Waals surface area contributed by atoms with Crippen LogP contribution >= 0.6 is 0 Å². The van der Waals surface area contributed by atoms with Gasteiger partial charge in [0.05, 0.1) is 13.7 Å². The molecule has 0 saturated carbocycles. The van der Waals surface area contributed by atoms with Crippen LogP contribution in [0, 0.1) is 5.92 Å². The lowest BCUT2D eigenvalue weighted by atomic mass is 10.0. The zero-order chi connectivity index (χ0) is 19.5. The summed E-state index contributed by atoms with van der Waals surface area (Å²) in [6, 6.07) is 5.54. The van der Waals surface area contributed by atoms with Gasteiger partial charge in [0, 0.05) is 11.3 Å². The van der Waals surface area contributed by atoms with Crippen LogP contribution in [-0.2, 0) is 20.7 Å². The molecule has 0 aliphatic rings. The SMILES string of the molecule is CCCOc1ccc(C[C@H](NC(=O)[C@@H](N=[N+]=[N-])C(C)C)C(=O)OC)cc1. The van der Waals surface area contributed by atoms with Gasteiger partial charge in [-0.15, -0.1) is 0 Å². The third kappa shape index (κ3) is 6.64. The van der Waals surface area contributed by atoms with Crippen LogP contribution < -0.4 is 10.1 Å². The van der Waals surface area contributed by atoms with E-state index in [2.05, 4.69) is 15.3 Å². The number of hydrogen-bond donors (Lipinski definition) is 1. The molecular weight excluding hydrogens is 336 g/mol. The van der Waals surface area contributed by atoms with Gasteiger partial charge in [0.2, 0.25) is 5.91 Å². The maximum atomic E-state index is 12.4. The summed E-state index contributed by atoms with van der Waals surface area (Å²) in [4.78, 5) is 27.1. The van der Waals surface area contributed by atoms with E-state index in [0.29, 0.717) is 6.61 Å². The summed E-state index contributed by atoms with van der Waals surface area (Å²) < 4.78 is 10.3. The molecule has 1 N–H and O–H groups in total. The van der Waals surface area contributed by atoms with Crippen LogP contribution in [0.2, 0.25) is 0 Å². The Hall–Kier alpha value is -2.73. The van der Waals surface area contributed by atoms with E-state index >= 15 is 0 Å². The summed E-state index contributed by atoms with van der Waals surface area (Å²) in [6.07, 6.45) is 1.17. The van der Waals surface area contributed by atoms with Crippen molar-refractivity contribution in [3.8, 4) is 5.75 Å². The van der Waals surface area contributed by atoms with E-state index in [1.54, 1.807) is 13.8 Å². The van der Waals surface area contributed by atoms with Crippen LogP contribution in [0.15, 0.2) is 29.4 Å². The number of nitrogens with one attached hydrogen (secondary N) is 1. The second-order valence-corrected chi connectivity index (χ2v) is 6.17. The molecule has 0 heterocycles. The minimum atomic E-state index is -0.892. The highest BCUT2D eigenvalue weighted by atomic mass is 16.5. The number of ether oxygens (including phenoxy) is 2. The van der Waals surface area contributed by atoms with Gasteiger partial charge >= 0.3 is 5.97 Å². The lowest BCUT2D eigenvalue weighted by molar-refractivity contribution is -0.145. The van der Waals surface area contributed by atoms with Gasteiger partial charge in [0.25, 0.3) is 0 Å². The highest BCUT2D eigenvalue weighted by molar-refractivity contribution is 5.88. The molecular formula is C18H26N4O4. The van der Waals surface area contributed by atoms with E-state index in [4.69, 9.17) is 15.0 Å². The molecule has 0 aliphatic heterocycles. The molecule has 0 unspecified atom stereocenters. The predicted molar refractivity (Wildman–Crippen MR) is 97.7 cm³/mol. The van der Waals surface area contributed by atoms with Gasteiger partial charge in [0.15, 0.2) is 0 Å². The molecule has 1 amide bonds. The molecule has 0 fully saturated rings. The van der Waals surface area contributed by atoms with Crippen molar-refractivity contribution in [3.05, 3.63) is 40.3 Å². The summed E-state index contributed by atoms with van der Waals surface area (Å²) in [7, 11) is 1.26. The van der Waals surface area contributed by atoms with Crippen LogP contribution in [0.5, 0.6) is 5.75 Å². The number of amides is 1. The zero-order valence-electron chi connectivity index (χ0n) is 15.6. The largest absolute Gasteiger partial charge is 0.494 e. The first-order chi connectivity index (χ1) is 12.4. The van der Waals surface area contributed by atoms with Crippen molar-refractivity contribution in [1.82, 2.24) is 5.32 Å². The van der Waals surface area contributed by atoms with Gasteiger partial charge in [-0.05, 0) is 35.6 Å². The summed E-state index contributed by atoms with van der Waals surface area (Å²) in [5, 5.41) is 6.13. The molecule has 2 atom stereocenters.